The first kappa shape index (κ1) is 17.3. The smallest absolute Gasteiger partial charge is 0.230 e. The molecule has 1 aliphatic rings. The molecule has 1 fully saturated rings. The van der Waals surface area contributed by atoms with E-state index < -0.39 is 6.04 Å². The largest absolute Gasteiger partial charge is 0.492 e. The van der Waals surface area contributed by atoms with Crippen molar-refractivity contribution in [2.75, 3.05) is 39.3 Å². The molecule has 3 heterocycles. The van der Waals surface area contributed by atoms with Crippen molar-refractivity contribution in [1.82, 2.24) is 24.4 Å². The van der Waals surface area contributed by atoms with Crippen molar-refractivity contribution in [3.63, 3.8) is 0 Å². The second-order valence-corrected chi connectivity index (χ2v) is 7.28. The molecular formula is C17H20FN5O2S. The zero-order valence-corrected chi connectivity index (χ0v) is 14.9. The van der Waals surface area contributed by atoms with Crippen molar-refractivity contribution >= 4 is 16.3 Å². The van der Waals surface area contributed by atoms with Crippen LogP contribution in [0.4, 0.5) is 4.39 Å². The van der Waals surface area contributed by atoms with Gasteiger partial charge in [0.25, 0.3) is 0 Å². The van der Waals surface area contributed by atoms with Crippen molar-refractivity contribution in [2.24, 2.45) is 0 Å². The Morgan fingerprint density at radius 1 is 1.19 bits per heavy atom. The average Bonchev–Trinajstić information content (AvgIpc) is 3.22. The molecule has 0 radical (unpaired) electrons. The first-order valence-corrected chi connectivity index (χ1v) is 9.33. The van der Waals surface area contributed by atoms with Crippen molar-refractivity contribution in [2.45, 2.75) is 6.04 Å². The van der Waals surface area contributed by atoms with E-state index >= 15 is 0 Å². The molecular weight excluding hydrogens is 357 g/mol. The Balaban J connectivity index is 1.72. The molecule has 2 N–H and O–H groups in total. The highest BCUT2D eigenvalue weighted by atomic mass is 32.1. The highest BCUT2D eigenvalue weighted by Gasteiger charge is 2.32. The molecule has 2 aromatic heterocycles. The number of hydrogen-bond acceptors (Lipinski definition) is 7. The second kappa shape index (κ2) is 7.28. The van der Waals surface area contributed by atoms with Crippen LogP contribution in [0.1, 0.15) is 16.5 Å². The van der Waals surface area contributed by atoms with E-state index in [1.54, 1.807) is 18.2 Å². The molecule has 1 aromatic carbocycles. The fourth-order valence-electron chi connectivity index (χ4n) is 3.46. The predicted molar refractivity (Wildman–Crippen MR) is 95.9 cm³/mol. The Hall–Kier alpha value is -2.07. The monoisotopic (exact) mass is 377 g/mol. The summed E-state index contributed by atoms with van der Waals surface area (Å²) in [4.78, 5) is 9.71. The number of halogens is 1. The highest BCUT2D eigenvalue weighted by molar-refractivity contribution is 7.17. The molecule has 26 heavy (non-hydrogen) atoms. The Morgan fingerprint density at radius 3 is 2.65 bits per heavy atom. The second-order valence-electron chi connectivity index (χ2n) is 6.27. The van der Waals surface area contributed by atoms with Gasteiger partial charge in [0, 0.05) is 38.3 Å². The van der Waals surface area contributed by atoms with Crippen LogP contribution in [-0.2, 0) is 0 Å². The van der Waals surface area contributed by atoms with Crippen LogP contribution in [0, 0.1) is 5.82 Å². The lowest BCUT2D eigenvalue weighted by molar-refractivity contribution is 0.0936. The lowest BCUT2D eigenvalue weighted by Crippen LogP contribution is -2.48. The minimum absolute atomic E-state index is 0.00791. The predicted octanol–water partition coefficient (Wildman–Crippen LogP) is 1.33. The van der Waals surface area contributed by atoms with Gasteiger partial charge in [0.05, 0.1) is 17.5 Å². The van der Waals surface area contributed by atoms with Gasteiger partial charge < -0.3 is 10.2 Å². The summed E-state index contributed by atoms with van der Waals surface area (Å²) in [5.74, 6) is -0.290. The number of aliphatic hydroxyl groups excluding tert-OH is 1. The Morgan fingerprint density at radius 2 is 1.96 bits per heavy atom. The number of benzene rings is 1. The van der Waals surface area contributed by atoms with Gasteiger partial charge in [0.2, 0.25) is 10.8 Å². The Bertz CT molecular complexity index is 890. The first-order valence-electron chi connectivity index (χ1n) is 8.52. The van der Waals surface area contributed by atoms with Crippen LogP contribution in [0.2, 0.25) is 0 Å². The minimum Gasteiger partial charge on any atom is -0.492 e. The topological polar surface area (TPSA) is 77.1 Å². The molecule has 7 nitrogen and oxygen atoms in total. The molecule has 0 amide bonds. The van der Waals surface area contributed by atoms with Crippen LogP contribution in [0.25, 0.3) is 4.96 Å². The third-order valence-electron chi connectivity index (χ3n) is 4.78. The summed E-state index contributed by atoms with van der Waals surface area (Å²) in [5, 5.41) is 23.8. The van der Waals surface area contributed by atoms with Gasteiger partial charge in [0.1, 0.15) is 12.1 Å². The van der Waals surface area contributed by atoms with Gasteiger partial charge in [-0.05, 0) is 6.07 Å². The van der Waals surface area contributed by atoms with Gasteiger partial charge in [-0.1, -0.05) is 29.5 Å². The van der Waals surface area contributed by atoms with Gasteiger partial charge in [-0.2, -0.15) is 9.61 Å². The van der Waals surface area contributed by atoms with E-state index in [4.69, 9.17) is 5.11 Å². The summed E-state index contributed by atoms with van der Waals surface area (Å²) >= 11 is 1.32. The molecule has 4 rings (SSSR count). The van der Waals surface area contributed by atoms with E-state index in [0.717, 1.165) is 13.1 Å². The third kappa shape index (κ3) is 3.07. The van der Waals surface area contributed by atoms with E-state index in [1.807, 2.05) is 0 Å². The van der Waals surface area contributed by atoms with E-state index in [1.165, 1.54) is 28.2 Å². The Labute approximate surface area is 153 Å². The van der Waals surface area contributed by atoms with Crippen molar-refractivity contribution in [3.05, 3.63) is 46.9 Å². The molecule has 0 spiro atoms. The van der Waals surface area contributed by atoms with Crippen molar-refractivity contribution in [3.8, 4) is 5.88 Å². The number of rotatable bonds is 5. The third-order valence-corrected chi connectivity index (χ3v) is 5.86. The maximum Gasteiger partial charge on any atom is 0.230 e. The van der Waals surface area contributed by atoms with Crippen molar-refractivity contribution in [1.29, 1.82) is 0 Å². The summed E-state index contributed by atoms with van der Waals surface area (Å²) in [6.07, 6.45) is 1.39. The number of β-amino-alcohol motifs (C(OH)–C–C–N with tert-alkyl or cyclic N) is 1. The van der Waals surface area contributed by atoms with Crippen LogP contribution in [-0.4, -0.2) is 73.9 Å². The number of hydrogen-bond donors (Lipinski definition) is 2. The van der Waals surface area contributed by atoms with E-state index in [2.05, 4.69) is 19.9 Å². The maximum atomic E-state index is 14.6. The van der Waals surface area contributed by atoms with Crippen LogP contribution in [0.3, 0.4) is 0 Å². The molecule has 1 unspecified atom stereocenters. The molecule has 3 aromatic rings. The average molecular weight is 377 g/mol. The number of aromatic nitrogens is 3. The summed E-state index contributed by atoms with van der Waals surface area (Å²) in [5.41, 5.74) is 0.530. The summed E-state index contributed by atoms with van der Waals surface area (Å²) < 4.78 is 16.0. The highest BCUT2D eigenvalue weighted by Crippen LogP contribution is 2.40. The van der Waals surface area contributed by atoms with Gasteiger partial charge >= 0.3 is 0 Å². The van der Waals surface area contributed by atoms with E-state index in [-0.39, 0.29) is 18.3 Å². The minimum atomic E-state index is -0.402. The molecule has 0 saturated carbocycles. The van der Waals surface area contributed by atoms with Gasteiger partial charge in [0.15, 0.2) is 0 Å². The quantitative estimate of drug-likeness (QED) is 0.699. The number of piperazine rings is 1. The SMILES string of the molecule is OCCN1CCN(C(c2ccccc2F)c2sc3ncnn3c2O)CC1. The zero-order valence-electron chi connectivity index (χ0n) is 14.1. The number of thiazole rings is 1. The molecule has 0 aliphatic carbocycles. The van der Waals surface area contributed by atoms with Gasteiger partial charge in [-0.3, -0.25) is 9.80 Å². The molecule has 1 atom stereocenters. The number of aromatic hydroxyl groups is 1. The van der Waals surface area contributed by atoms with Crippen LogP contribution in [0.5, 0.6) is 5.88 Å². The van der Waals surface area contributed by atoms with E-state index in [9.17, 15) is 9.50 Å². The van der Waals surface area contributed by atoms with Gasteiger partial charge in [-0.15, -0.1) is 0 Å². The number of fused-ring (bicyclic) bond motifs is 1. The molecule has 0 bridgehead atoms. The first-order chi connectivity index (χ1) is 12.7. The lowest BCUT2D eigenvalue weighted by Gasteiger charge is -2.39. The van der Waals surface area contributed by atoms with Crippen LogP contribution < -0.4 is 0 Å². The fraction of sp³-hybridized carbons (Fsp3) is 0.412. The molecule has 1 aliphatic heterocycles. The molecule has 138 valence electrons. The molecule has 1 saturated heterocycles. The normalized spacial score (nSPS) is 17.8. The van der Waals surface area contributed by atoms with Gasteiger partial charge in [-0.25, -0.2) is 9.37 Å². The Kier molecular flexibility index (Phi) is 4.86. The molecule has 9 heteroatoms. The van der Waals surface area contributed by atoms with Crippen LogP contribution >= 0.6 is 11.3 Å². The summed E-state index contributed by atoms with van der Waals surface area (Å²) in [6.45, 7) is 3.77. The standard InChI is InChI=1S/C17H20FN5O2S/c18-13-4-2-1-3-12(13)14(22-7-5-21(6-8-22)9-10-24)15-16(25)23-17(26-15)19-11-20-23/h1-4,11,14,24-25H,5-10H2. The summed E-state index contributed by atoms with van der Waals surface area (Å²) in [6, 6.07) is 6.27. The zero-order chi connectivity index (χ0) is 18.1. The fourth-order valence-corrected chi connectivity index (χ4v) is 4.54. The van der Waals surface area contributed by atoms with E-state index in [0.29, 0.717) is 35.0 Å². The van der Waals surface area contributed by atoms with Crippen molar-refractivity contribution < 1.29 is 14.6 Å². The number of aliphatic hydroxyl groups is 1. The summed E-state index contributed by atoms with van der Waals surface area (Å²) in [7, 11) is 0. The van der Waals surface area contributed by atoms with Crippen LogP contribution in [0.15, 0.2) is 30.6 Å². The lowest BCUT2D eigenvalue weighted by atomic mass is 10.0. The maximum absolute atomic E-state index is 14.6. The number of nitrogens with zero attached hydrogens (tertiary/aromatic N) is 5.